The van der Waals surface area contributed by atoms with Crippen molar-refractivity contribution in [3.63, 3.8) is 0 Å². The van der Waals surface area contributed by atoms with Crippen molar-refractivity contribution in [2.45, 2.75) is 6.54 Å². The average Bonchev–Trinajstić information content (AvgIpc) is 2.78. The third kappa shape index (κ3) is 4.46. The monoisotopic (exact) mass is 415 g/mol. The number of nitrogens with zero attached hydrogens (tertiary/aromatic N) is 3. The quantitative estimate of drug-likeness (QED) is 0.507. The van der Waals surface area contributed by atoms with Gasteiger partial charge in [-0.2, -0.15) is 0 Å². The van der Waals surface area contributed by atoms with Crippen molar-refractivity contribution in [1.29, 1.82) is 0 Å². The highest BCUT2D eigenvalue weighted by Crippen LogP contribution is 2.40. The molecule has 9 heteroatoms. The molecule has 1 saturated heterocycles. The fourth-order valence-corrected chi connectivity index (χ4v) is 3.55. The molecule has 0 radical (unpaired) electrons. The van der Waals surface area contributed by atoms with E-state index in [1.54, 1.807) is 26.2 Å². The third-order valence-electron chi connectivity index (χ3n) is 5.16. The van der Waals surface area contributed by atoms with Crippen LogP contribution in [0.1, 0.15) is 15.9 Å². The van der Waals surface area contributed by atoms with Gasteiger partial charge >= 0.3 is 0 Å². The topological polar surface area (TPSA) is 94.4 Å². The first-order valence-corrected chi connectivity index (χ1v) is 9.52. The van der Waals surface area contributed by atoms with Gasteiger partial charge in [0.05, 0.1) is 26.3 Å². The van der Waals surface area contributed by atoms with Crippen LogP contribution in [-0.2, 0) is 6.54 Å². The summed E-state index contributed by atoms with van der Waals surface area (Å²) < 4.78 is 16.3. The minimum atomic E-state index is -0.477. The summed E-state index contributed by atoms with van der Waals surface area (Å²) in [7, 11) is 4.76. The maximum atomic E-state index is 12.7. The molecule has 0 atom stereocenters. The smallest absolute Gasteiger partial charge is 0.269 e. The number of hydrogen-bond acceptors (Lipinski definition) is 7. The number of amides is 1. The van der Waals surface area contributed by atoms with Crippen molar-refractivity contribution in [2.24, 2.45) is 0 Å². The zero-order chi connectivity index (χ0) is 21.7. The largest absolute Gasteiger partial charge is 0.493 e. The molecule has 0 saturated carbocycles. The van der Waals surface area contributed by atoms with Crippen LogP contribution >= 0.6 is 0 Å². The molecule has 1 aliphatic heterocycles. The van der Waals surface area contributed by atoms with Crippen LogP contribution in [0.4, 0.5) is 5.69 Å². The lowest BCUT2D eigenvalue weighted by molar-refractivity contribution is -0.384. The number of carbonyl (C=O) groups excluding carboxylic acids is 1. The number of nitro benzene ring substituents is 1. The molecule has 9 nitrogen and oxygen atoms in total. The van der Waals surface area contributed by atoms with E-state index in [0.717, 1.165) is 5.56 Å². The number of hydrogen-bond donors (Lipinski definition) is 0. The fourth-order valence-electron chi connectivity index (χ4n) is 3.55. The number of methoxy groups -OCH3 is 3. The second-order valence-electron chi connectivity index (χ2n) is 6.87. The van der Waals surface area contributed by atoms with Gasteiger partial charge < -0.3 is 19.1 Å². The highest BCUT2D eigenvalue weighted by atomic mass is 16.6. The van der Waals surface area contributed by atoms with Gasteiger partial charge in [-0.05, 0) is 18.2 Å². The minimum Gasteiger partial charge on any atom is -0.493 e. The first-order chi connectivity index (χ1) is 14.5. The highest BCUT2D eigenvalue weighted by molar-refractivity contribution is 5.94. The predicted molar refractivity (Wildman–Crippen MR) is 110 cm³/mol. The maximum absolute atomic E-state index is 12.7. The Kier molecular flexibility index (Phi) is 6.73. The molecule has 160 valence electrons. The van der Waals surface area contributed by atoms with E-state index in [2.05, 4.69) is 4.90 Å². The summed E-state index contributed by atoms with van der Waals surface area (Å²) in [6.07, 6.45) is 0. The number of benzene rings is 2. The molecule has 1 amide bonds. The Bertz CT molecular complexity index is 908. The fraction of sp³-hybridized carbons (Fsp3) is 0.381. The van der Waals surface area contributed by atoms with Gasteiger partial charge in [0.15, 0.2) is 11.5 Å². The van der Waals surface area contributed by atoms with Gasteiger partial charge in [0.2, 0.25) is 5.75 Å². The van der Waals surface area contributed by atoms with Crippen LogP contribution in [0.5, 0.6) is 17.2 Å². The minimum absolute atomic E-state index is 0.0276. The number of non-ortho nitro benzene ring substituents is 1. The summed E-state index contributed by atoms with van der Waals surface area (Å²) in [5, 5.41) is 10.8. The molecular formula is C21H25N3O6. The van der Waals surface area contributed by atoms with E-state index in [-0.39, 0.29) is 11.6 Å². The zero-order valence-corrected chi connectivity index (χ0v) is 17.3. The lowest BCUT2D eigenvalue weighted by Gasteiger charge is -2.35. The van der Waals surface area contributed by atoms with Crippen LogP contribution in [0, 0.1) is 10.1 Å². The summed E-state index contributed by atoms with van der Waals surface area (Å²) in [5.41, 5.74) is 1.40. The van der Waals surface area contributed by atoms with E-state index in [1.807, 2.05) is 12.1 Å². The molecule has 3 rings (SSSR count). The Morgan fingerprint density at radius 3 is 2.10 bits per heavy atom. The summed E-state index contributed by atoms with van der Waals surface area (Å²) in [5.74, 6) is 1.69. The lowest BCUT2D eigenvalue weighted by atomic mass is 10.1. The van der Waals surface area contributed by atoms with Gasteiger partial charge in [-0.15, -0.1) is 0 Å². The van der Waals surface area contributed by atoms with Crippen LogP contribution in [0.15, 0.2) is 36.4 Å². The van der Waals surface area contributed by atoms with E-state index in [0.29, 0.717) is 55.5 Å². The van der Waals surface area contributed by atoms with Gasteiger partial charge in [0.25, 0.3) is 11.6 Å². The van der Waals surface area contributed by atoms with Crippen molar-refractivity contribution in [1.82, 2.24) is 9.80 Å². The molecule has 2 aromatic carbocycles. The molecular weight excluding hydrogens is 390 g/mol. The molecule has 0 unspecified atom stereocenters. The number of carbonyl (C=O) groups is 1. The number of rotatable bonds is 7. The molecule has 1 heterocycles. The Morgan fingerprint density at radius 2 is 1.57 bits per heavy atom. The SMILES string of the molecule is COc1ccc(CN2CCN(C(=O)c3ccc([N+](=O)[O-])cc3)CC2)c(OC)c1OC. The van der Waals surface area contributed by atoms with Gasteiger partial charge in [0.1, 0.15) is 0 Å². The van der Waals surface area contributed by atoms with Crippen LogP contribution in [0.2, 0.25) is 0 Å². The van der Waals surface area contributed by atoms with Gasteiger partial charge in [0, 0.05) is 56.0 Å². The second-order valence-corrected chi connectivity index (χ2v) is 6.87. The normalized spacial score (nSPS) is 14.3. The summed E-state index contributed by atoms with van der Waals surface area (Å²) in [4.78, 5) is 27.0. The Balaban J connectivity index is 1.63. The standard InChI is InChI=1S/C21H25N3O6/c1-28-18-9-6-16(19(29-2)20(18)30-3)14-22-10-12-23(13-11-22)21(25)15-4-7-17(8-5-15)24(26)27/h4-9H,10-14H2,1-3H3. The average molecular weight is 415 g/mol. The Morgan fingerprint density at radius 1 is 0.933 bits per heavy atom. The van der Waals surface area contributed by atoms with Gasteiger partial charge in [-0.3, -0.25) is 19.8 Å². The number of piperazine rings is 1. The third-order valence-corrected chi connectivity index (χ3v) is 5.16. The predicted octanol–water partition coefficient (Wildman–Crippen LogP) is 2.58. The van der Waals surface area contributed by atoms with E-state index in [4.69, 9.17) is 14.2 Å². The van der Waals surface area contributed by atoms with Crippen LogP contribution in [0.3, 0.4) is 0 Å². The second kappa shape index (κ2) is 9.45. The van der Waals surface area contributed by atoms with Gasteiger partial charge in [-0.1, -0.05) is 6.07 Å². The van der Waals surface area contributed by atoms with Crippen LogP contribution in [0.25, 0.3) is 0 Å². The van der Waals surface area contributed by atoms with Crippen molar-refractivity contribution >= 4 is 11.6 Å². The van der Waals surface area contributed by atoms with Crippen LogP contribution in [-0.4, -0.2) is 68.1 Å². The molecule has 0 bridgehead atoms. The maximum Gasteiger partial charge on any atom is 0.269 e. The van der Waals surface area contributed by atoms with Crippen molar-refractivity contribution in [2.75, 3.05) is 47.5 Å². The van der Waals surface area contributed by atoms with E-state index in [1.165, 1.54) is 24.3 Å². The molecule has 2 aromatic rings. The first kappa shape index (κ1) is 21.4. The van der Waals surface area contributed by atoms with E-state index < -0.39 is 4.92 Å². The van der Waals surface area contributed by atoms with E-state index in [9.17, 15) is 14.9 Å². The molecule has 0 aliphatic carbocycles. The molecule has 1 fully saturated rings. The molecule has 0 N–H and O–H groups in total. The summed E-state index contributed by atoms with van der Waals surface area (Å²) in [6, 6.07) is 9.52. The number of ether oxygens (including phenoxy) is 3. The molecule has 0 aromatic heterocycles. The summed E-state index contributed by atoms with van der Waals surface area (Å²) in [6.45, 7) is 3.21. The molecule has 1 aliphatic rings. The van der Waals surface area contributed by atoms with Gasteiger partial charge in [-0.25, -0.2) is 0 Å². The zero-order valence-electron chi connectivity index (χ0n) is 17.3. The molecule has 30 heavy (non-hydrogen) atoms. The Labute approximate surface area is 174 Å². The molecule has 0 spiro atoms. The Hall–Kier alpha value is -3.33. The van der Waals surface area contributed by atoms with Crippen molar-refractivity contribution in [3.05, 3.63) is 57.6 Å². The lowest BCUT2D eigenvalue weighted by Crippen LogP contribution is -2.48. The van der Waals surface area contributed by atoms with Crippen LogP contribution < -0.4 is 14.2 Å². The number of nitro groups is 1. The first-order valence-electron chi connectivity index (χ1n) is 9.52. The highest BCUT2D eigenvalue weighted by Gasteiger charge is 2.24. The van der Waals surface area contributed by atoms with Crippen molar-refractivity contribution in [3.8, 4) is 17.2 Å². The van der Waals surface area contributed by atoms with E-state index >= 15 is 0 Å². The summed E-state index contributed by atoms with van der Waals surface area (Å²) >= 11 is 0. The van der Waals surface area contributed by atoms with Crippen molar-refractivity contribution < 1.29 is 23.9 Å².